The first kappa shape index (κ1) is 26.9. The molecule has 0 saturated heterocycles. The first-order valence-corrected chi connectivity index (χ1v) is 11.6. The zero-order chi connectivity index (χ0) is 26.7. The number of para-hydroxylation sites is 1. The van der Waals surface area contributed by atoms with Crippen molar-refractivity contribution in [1.29, 1.82) is 0 Å². The van der Waals surface area contributed by atoms with Gasteiger partial charge >= 0.3 is 5.97 Å². The van der Waals surface area contributed by atoms with Crippen molar-refractivity contribution in [2.75, 3.05) is 6.61 Å². The fourth-order valence-corrected chi connectivity index (χ4v) is 3.26. The van der Waals surface area contributed by atoms with E-state index in [1.54, 1.807) is 25.1 Å². The molecule has 0 aliphatic heterocycles. The van der Waals surface area contributed by atoms with Crippen LogP contribution < -0.4 is 10.1 Å². The summed E-state index contributed by atoms with van der Waals surface area (Å²) in [5.74, 6) is -2.25. The van der Waals surface area contributed by atoms with Gasteiger partial charge in [-0.15, -0.1) is 0 Å². The van der Waals surface area contributed by atoms with Crippen molar-refractivity contribution in [2.45, 2.75) is 52.7 Å². The molecule has 2 aromatic carbocycles. The summed E-state index contributed by atoms with van der Waals surface area (Å²) < 4.78 is 21.6. The number of carbonyl (C=O) groups excluding carboxylic acids is 1. The van der Waals surface area contributed by atoms with E-state index >= 15 is 0 Å². The summed E-state index contributed by atoms with van der Waals surface area (Å²) in [4.78, 5) is 24.6. The molecule has 192 valence electrons. The molecule has 0 spiro atoms. The number of rotatable bonds is 9. The van der Waals surface area contributed by atoms with Crippen molar-refractivity contribution in [3.05, 3.63) is 77.2 Å². The van der Waals surface area contributed by atoms with Crippen molar-refractivity contribution in [2.24, 2.45) is 5.41 Å². The standard InChI is InChI=1S/C27H32FN3O5/c1-17-10-12-18(13-11-17)20(15-24(32)33)29-25(34)21-14-23(36-16-27(5,35)26(2,3)4)31(30-21)22-9-7-6-8-19(22)28/h6-14,20,35H,15-16H2,1-5H3,(H,29,34)(H,32,33)/t20-,27-/m0/s1. The Hall–Kier alpha value is -3.72. The van der Waals surface area contributed by atoms with Crippen LogP contribution in [0, 0.1) is 18.2 Å². The quantitative estimate of drug-likeness (QED) is 0.403. The molecule has 0 bridgehead atoms. The minimum absolute atomic E-state index is 0.0555. The summed E-state index contributed by atoms with van der Waals surface area (Å²) in [6.45, 7) is 8.97. The van der Waals surface area contributed by atoms with Crippen molar-refractivity contribution in [3.63, 3.8) is 0 Å². The van der Waals surface area contributed by atoms with Crippen LogP contribution in [0.25, 0.3) is 5.69 Å². The second-order valence-electron chi connectivity index (χ2n) is 10.1. The number of ether oxygens (including phenoxy) is 1. The lowest BCUT2D eigenvalue weighted by molar-refractivity contribution is -0.137. The Morgan fingerprint density at radius 2 is 1.75 bits per heavy atom. The van der Waals surface area contributed by atoms with Gasteiger partial charge in [-0.1, -0.05) is 62.7 Å². The summed E-state index contributed by atoms with van der Waals surface area (Å²) in [5.41, 5.74) is -0.168. The smallest absolute Gasteiger partial charge is 0.305 e. The number of carboxylic acids is 1. The van der Waals surface area contributed by atoms with Crippen LogP contribution in [0.1, 0.15) is 61.8 Å². The van der Waals surface area contributed by atoms with E-state index in [4.69, 9.17) is 4.74 Å². The maximum Gasteiger partial charge on any atom is 0.305 e. The van der Waals surface area contributed by atoms with Crippen molar-refractivity contribution < 1.29 is 28.9 Å². The molecule has 0 unspecified atom stereocenters. The number of nitrogens with one attached hydrogen (secondary N) is 1. The molecular weight excluding hydrogens is 465 g/mol. The largest absolute Gasteiger partial charge is 0.481 e. The van der Waals surface area contributed by atoms with E-state index in [1.165, 1.54) is 24.3 Å². The number of carboxylic acid groups (broad SMARTS) is 1. The Morgan fingerprint density at radius 1 is 1.11 bits per heavy atom. The van der Waals surface area contributed by atoms with E-state index in [9.17, 15) is 24.2 Å². The Kier molecular flexibility index (Phi) is 7.83. The van der Waals surface area contributed by atoms with E-state index in [1.807, 2.05) is 39.8 Å². The highest BCUT2D eigenvalue weighted by atomic mass is 19.1. The number of nitrogens with zero attached hydrogens (tertiary/aromatic N) is 2. The molecule has 3 rings (SSSR count). The normalized spacial score (nSPS) is 14.1. The van der Waals surface area contributed by atoms with Gasteiger partial charge in [-0.3, -0.25) is 9.59 Å². The third-order valence-electron chi connectivity index (χ3n) is 6.27. The number of aliphatic carboxylic acids is 1. The van der Waals surface area contributed by atoms with Gasteiger partial charge in [-0.2, -0.15) is 9.78 Å². The average molecular weight is 498 g/mol. The molecule has 1 heterocycles. The Morgan fingerprint density at radius 3 is 2.33 bits per heavy atom. The molecule has 3 N–H and O–H groups in total. The van der Waals surface area contributed by atoms with Crippen LogP contribution in [-0.4, -0.2) is 44.1 Å². The summed E-state index contributed by atoms with van der Waals surface area (Å²) in [6.07, 6.45) is -0.333. The average Bonchev–Trinajstić information content (AvgIpc) is 3.21. The molecule has 2 atom stereocenters. The number of carbonyl (C=O) groups is 2. The van der Waals surface area contributed by atoms with Gasteiger partial charge < -0.3 is 20.3 Å². The Labute approximate surface area is 209 Å². The number of hydrogen-bond donors (Lipinski definition) is 3. The zero-order valence-corrected chi connectivity index (χ0v) is 21.1. The first-order valence-electron chi connectivity index (χ1n) is 11.6. The minimum atomic E-state index is -1.24. The zero-order valence-electron chi connectivity index (χ0n) is 21.1. The molecule has 1 aromatic heterocycles. The molecule has 0 aliphatic carbocycles. The lowest BCUT2D eigenvalue weighted by Gasteiger charge is -2.36. The summed E-state index contributed by atoms with van der Waals surface area (Å²) >= 11 is 0. The van der Waals surface area contributed by atoms with E-state index in [-0.39, 0.29) is 30.3 Å². The van der Waals surface area contributed by atoms with Crippen LogP contribution in [0.3, 0.4) is 0 Å². The van der Waals surface area contributed by atoms with Crippen molar-refractivity contribution in [1.82, 2.24) is 15.1 Å². The van der Waals surface area contributed by atoms with Gasteiger partial charge in [0.15, 0.2) is 5.69 Å². The van der Waals surface area contributed by atoms with Gasteiger partial charge in [-0.25, -0.2) is 4.39 Å². The van der Waals surface area contributed by atoms with Crippen LogP contribution >= 0.6 is 0 Å². The third-order valence-corrected chi connectivity index (χ3v) is 6.27. The SMILES string of the molecule is Cc1ccc([C@H](CC(=O)O)NC(=O)c2cc(OC[C@](C)(O)C(C)(C)C)n(-c3ccccc3F)n2)cc1. The molecule has 3 aromatic rings. The molecule has 36 heavy (non-hydrogen) atoms. The molecule has 0 radical (unpaired) electrons. The maximum atomic E-state index is 14.6. The Balaban J connectivity index is 1.95. The van der Waals surface area contributed by atoms with Gasteiger partial charge in [-0.05, 0) is 37.0 Å². The summed E-state index contributed by atoms with van der Waals surface area (Å²) in [5, 5.41) is 27.2. The number of halogens is 1. The predicted molar refractivity (Wildman–Crippen MR) is 133 cm³/mol. The Bertz CT molecular complexity index is 1230. The van der Waals surface area contributed by atoms with Gasteiger partial charge in [0.2, 0.25) is 5.88 Å². The van der Waals surface area contributed by atoms with Crippen LogP contribution in [0.2, 0.25) is 0 Å². The van der Waals surface area contributed by atoms with Crippen molar-refractivity contribution >= 4 is 11.9 Å². The van der Waals surface area contributed by atoms with Gasteiger partial charge in [0.25, 0.3) is 5.91 Å². The van der Waals surface area contributed by atoms with Gasteiger partial charge in [0.05, 0.1) is 12.5 Å². The van der Waals surface area contributed by atoms with Crippen LogP contribution in [0.15, 0.2) is 54.6 Å². The predicted octanol–water partition coefficient (Wildman–Crippen LogP) is 4.44. The molecule has 1 amide bonds. The van der Waals surface area contributed by atoms with Crippen molar-refractivity contribution in [3.8, 4) is 11.6 Å². The number of aryl methyl sites for hydroxylation is 1. The lowest BCUT2D eigenvalue weighted by Crippen LogP contribution is -2.45. The topological polar surface area (TPSA) is 114 Å². The molecular formula is C27H32FN3O5. The van der Waals surface area contributed by atoms with Crippen LogP contribution in [-0.2, 0) is 4.79 Å². The first-order chi connectivity index (χ1) is 16.8. The summed E-state index contributed by atoms with van der Waals surface area (Å²) in [6, 6.07) is 13.6. The number of hydrogen-bond acceptors (Lipinski definition) is 5. The number of aromatic nitrogens is 2. The highest BCUT2D eigenvalue weighted by molar-refractivity contribution is 5.93. The van der Waals surface area contributed by atoms with E-state index < -0.39 is 34.8 Å². The number of aliphatic hydroxyl groups is 1. The minimum Gasteiger partial charge on any atom is -0.481 e. The fraction of sp³-hybridized carbons (Fsp3) is 0.370. The fourth-order valence-electron chi connectivity index (χ4n) is 3.26. The summed E-state index contributed by atoms with van der Waals surface area (Å²) in [7, 11) is 0. The van der Waals surface area contributed by atoms with E-state index in [0.29, 0.717) is 5.56 Å². The second kappa shape index (κ2) is 10.5. The van der Waals surface area contributed by atoms with Crippen LogP contribution in [0.4, 0.5) is 4.39 Å². The number of benzene rings is 2. The monoisotopic (exact) mass is 497 g/mol. The lowest BCUT2D eigenvalue weighted by atomic mass is 9.78. The van der Waals surface area contributed by atoms with E-state index in [0.717, 1.165) is 10.2 Å². The van der Waals surface area contributed by atoms with Gasteiger partial charge in [0.1, 0.15) is 23.7 Å². The molecule has 9 heteroatoms. The van der Waals surface area contributed by atoms with Gasteiger partial charge in [0, 0.05) is 6.07 Å². The third kappa shape index (κ3) is 6.28. The number of amides is 1. The molecule has 0 aliphatic rings. The highest BCUT2D eigenvalue weighted by Crippen LogP contribution is 2.31. The van der Waals surface area contributed by atoms with Crippen LogP contribution in [0.5, 0.6) is 5.88 Å². The molecule has 0 fully saturated rings. The molecule has 0 saturated carbocycles. The second-order valence-corrected chi connectivity index (χ2v) is 10.1. The highest BCUT2D eigenvalue weighted by Gasteiger charge is 2.36. The molecule has 8 nitrogen and oxygen atoms in total. The maximum absolute atomic E-state index is 14.6. The van der Waals surface area contributed by atoms with E-state index in [2.05, 4.69) is 10.4 Å².